The Balaban J connectivity index is 0. The minimum atomic E-state index is -3.42. The van der Waals surface area contributed by atoms with Crippen molar-refractivity contribution in [1.82, 2.24) is 0 Å². The Kier molecular flexibility index (Phi) is 6.70. The van der Waals surface area contributed by atoms with Gasteiger partial charge in [-0.2, -0.15) is 21.0 Å². The normalized spacial score (nSPS) is 10.5. The molecule has 0 amide bonds. The van der Waals surface area contributed by atoms with Gasteiger partial charge in [-0.1, -0.05) is 0 Å². The van der Waals surface area contributed by atoms with Crippen molar-refractivity contribution in [3.63, 3.8) is 0 Å². The second-order valence-corrected chi connectivity index (χ2v) is 5.05. The van der Waals surface area contributed by atoms with Crippen molar-refractivity contribution in [3.8, 4) is 5.06 Å². The molecule has 0 unspecified atom stereocenters. The zero-order valence-electron chi connectivity index (χ0n) is 8.13. The van der Waals surface area contributed by atoms with Gasteiger partial charge >= 0.3 is 39.7 Å². The first-order valence-corrected chi connectivity index (χ1v) is 6.29. The van der Waals surface area contributed by atoms with Gasteiger partial charge in [0.2, 0.25) is 0 Å². The number of thiophene rings is 1. The van der Waals surface area contributed by atoms with Crippen LogP contribution >= 0.6 is 24.0 Å². The van der Waals surface area contributed by atoms with E-state index in [2.05, 4.69) is 12.6 Å². The van der Waals surface area contributed by atoms with E-state index in [9.17, 15) is 8.42 Å². The zero-order chi connectivity index (χ0) is 9.03. The van der Waals surface area contributed by atoms with Crippen LogP contribution in [0.25, 0.3) is 0 Å². The van der Waals surface area contributed by atoms with Gasteiger partial charge in [-0.3, -0.25) is 0 Å². The van der Waals surface area contributed by atoms with Crippen LogP contribution in [0.3, 0.4) is 0 Å². The fourth-order valence-electron chi connectivity index (χ4n) is 0.590. The Morgan fingerprint density at radius 3 is 2.77 bits per heavy atom. The van der Waals surface area contributed by atoms with Gasteiger partial charge in [0.15, 0.2) is 5.06 Å². The fraction of sp³-hybridized carbons (Fsp3) is 0.333. The summed E-state index contributed by atoms with van der Waals surface area (Å²) >= 11 is 5.06. The third kappa shape index (κ3) is 5.29. The molecule has 0 atom stereocenters. The topological polar surface area (TPSA) is 43.4 Å². The smallest absolute Gasteiger partial charge is 1.00 e. The maximum absolute atomic E-state index is 11.0. The molecule has 0 aromatic carbocycles. The molecule has 0 spiro atoms. The maximum atomic E-state index is 11.0. The Labute approximate surface area is 111 Å². The van der Waals surface area contributed by atoms with Gasteiger partial charge in [0, 0.05) is 5.75 Å². The van der Waals surface area contributed by atoms with Gasteiger partial charge < -0.3 is 5.61 Å². The Bertz CT molecular complexity index is 324. The number of hydrogen-bond acceptors (Lipinski definition) is 5. The second kappa shape index (κ2) is 6.31. The van der Waals surface area contributed by atoms with Crippen LogP contribution in [0.2, 0.25) is 0 Å². The zero-order valence-corrected chi connectivity index (χ0v) is 11.7. The summed E-state index contributed by atoms with van der Waals surface area (Å²) in [5.74, 6) is 0.210. The standard InChI is InChI=1S/C6H8O3S3.Na.H/c7-12(8,5-3-10)9-6-2-1-4-11-6;;/h1-2,4,10H,3,5H2;;/q;+1;-1. The quantitative estimate of drug-likeness (QED) is 0.401. The third-order valence-corrected chi connectivity index (χ3v) is 3.56. The van der Waals surface area contributed by atoms with Crippen LogP contribution in [0, 0.1) is 0 Å². The summed E-state index contributed by atoms with van der Waals surface area (Å²) in [7, 11) is -3.42. The van der Waals surface area contributed by atoms with E-state index in [0.717, 1.165) is 0 Å². The summed E-state index contributed by atoms with van der Waals surface area (Å²) in [5.41, 5.74) is 0. The molecule has 0 aliphatic rings. The minimum Gasteiger partial charge on any atom is -1.00 e. The van der Waals surface area contributed by atoms with Gasteiger partial charge in [-0.15, -0.1) is 11.3 Å². The summed E-state index contributed by atoms with van der Waals surface area (Å²) < 4.78 is 26.8. The van der Waals surface area contributed by atoms with Gasteiger partial charge in [0.1, 0.15) is 0 Å². The van der Waals surface area contributed by atoms with E-state index in [1.807, 2.05) is 0 Å². The molecule has 0 aliphatic carbocycles. The molecule has 0 radical (unpaired) electrons. The van der Waals surface area contributed by atoms with Crippen LogP contribution < -0.4 is 33.7 Å². The van der Waals surface area contributed by atoms with E-state index in [1.165, 1.54) is 11.3 Å². The molecule has 0 fully saturated rings. The van der Waals surface area contributed by atoms with Crippen molar-refractivity contribution >= 4 is 34.1 Å². The van der Waals surface area contributed by atoms with Crippen molar-refractivity contribution in [2.45, 2.75) is 0 Å². The van der Waals surface area contributed by atoms with Crippen molar-refractivity contribution < 1.29 is 43.6 Å². The van der Waals surface area contributed by atoms with Crippen molar-refractivity contribution in [3.05, 3.63) is 17.5 Å². The number of rotatable bonds is 4. The van der Waals surface area contributed by atoms with E-state index < -0.39 is 10.1 Å². The van der Waals surface area contributed by atoms with Crippen LogP contribution in [0.1, 0.15) is 1.43 Å². The van der Waals surface area contributed by atoms with E-state index in [1.54, 1.807) is 17.5 Å². The summed E-state index contributed by atoms with van der Waals surface area (Å²) in [6, 6.07) is 3.34. The molecular formula is C6H9NaO3S3. The maximum Gasteiger partial charge on any atom is 1.00 e. The first-order valence-electron chi connectivity index (χ1n) is 3.20. The molecule has 0 N–H and O–H groups in total. The molecular weight excluding hydrogens is 239 g/mol. The SMILES string of the molecule is O=S(=O)(CCS)Oc1cccs1.[H-].[Na+]. The molecule has 13 heavy (non-hydrogen) atoms. The first kappa shape index (κ1) is 13.8. The van der Waals surface area contributed by atoms with Gasteiger partial charge in [-0.25, -0.2) is 0 Å². The van der Waals surface area contributed by atoms with E-state index in [0.29, 0.717) is 5.06 Å². The molecule has 1 aromatic rings. The molecule has 1 aromatic heterocycles. The minimum absolute atomic E-state index is 0. The molecule has 0 saturated carbocycles. The van der Waals surface area contributed by atoms with Gasteiger partial charge in [0.05, 0.1) is 5.75 Å². The van der Waals surface area contributed by atoms with Crippen molar-refractivity contribution in [2.75, 3.05) is 11.5 Å². The largest absolute Gasteiger partial charge is 1.00 e. The summed E-state index contributed by atoms with van der Waals surface area (Å²) in [6.45, 7) is 0. The summed E-state index contributed by atoms with van der Waals surface area (Å²) in [5, 5.41) is 2.16. The van der Waals surface area contributed by atoms with Crippen LogP contribution in [0.5, 0.6) is 5.06 Å². The number of hydrogen-bond donors (Lipinski definition) is 1. The van der Waals surface area contributed by atoms with Gasteiger partial charge in [-0.05, 0) is 17.5 Å². The Hall–Kier alpha value is 0.800. The van der Waals surface area contributed by atoms with Crippen molar-refractivity contribution in [2.24, 2.45) is 0 Å². The van der Waals surface area contributed by atoms with E-state index >= 15 is 0 Å². The van der Waals surface area contributed by atoms with Crippen LogP contribution in [0.15, 0.2) is 17.5 Å². The summed E-state index contributed by atoms with van der Waals surface area (Å²) in [6.07, 6.45) is 0. The third-order valence-electron chi connectivity index (χ3n) is 1.05. The molecule has 1 rings (SSSR count). The fourth-order valence-corrected chi connectivity index (χ4v) is 2.79. The average molecular weight is 248 g/mol. The van der Waals surface area contributed by atoms with Gasteiger partial charge in [0.25, 0.3) is 0 Å². The molecule has 1 heterocycles. The van der Waals surface area contributed by atoms with E-state index in [-0.39, 0.29) is 42.5 Å². The Morgan fingerprint density at radius 1 is 1.62 bits per heavy atom. The first-order chi connectivity index (χ1) is 5.64. The average Bonchev–Trinajstić information content (AvgIpc) is 2.38. The molecule has 7 heteroatoms. The predicted octanol–water partition coefficient (Wildman–Crippen LogP) is -1.50. The van der Waals surface area contributed by atoms with E-state index in [4.69, 9.17) is 4.18 Å². The second-order valence-electron chi connectivity index (χ2n) is 2.00. The summed E-state index contributed by atoms with van der Waals surface area (Å²) in [4.78, 5) is 0. The molecule has 70 valence electrons. The molecule has 0 aliphatic heterocycles. The Morgan fingerprint density at radius 2 is 2.31 bits per heavy atom. The van der Waals surface area contributed by atoms with Crippen LogP contribution in [-0.4, -0.2) is 19.9 Å². The van der Waals surface area contributed by atoms with Crippen LogP contribution in [-0.2, 0) is 10.1 Å². The molecule has 0 saturated heterocycles. The monoisotopic (exact) mass is 248 g/mol. The van der Waals surface area contributed by atoms with Crippen molar-refractivity contribution in [1.29, 1.82) is 0 Å². The predicted molar refractivity (Wildman–Crippen MR) is 53.7 cm³/mol. The molecule has 3 nitrogen and oxygen atoms in total. The van der Waals surface area contributed by atoms with Crippen LogP contribution in [0.4, 0.5) is 0 Å². The molecule has 0 bridgehead atoms. The number of thiol groups is 1.